The predicted molar refractivity (Wildman–Crippen MR) is 143 cm³/mol. The van der Waals surface area contributed by atoms with Gasteiger partial charge in [-0.3, -0.25) is 9.59 Å². The molecule has 1 amide bonds. The van der Waals surface area contributed by atoms with E-state index in [1.54, 1.807) is 6.07 Å². The Morgan fingerprint density at radius 2 is 1.65 bits per heavy atom. The van der Waals surface area contributed by atoms with Crippen molar-refractivity contribution >= 4 is 52.5 Å². The smallest absolute Gasteiger partial charge is 0.234 e. The number of unbranched alkanes of at least 4 members (excludes halogenated alkanes) is 1. The number of carbonyl (C=O) groups is 1. The van der Waals surface area contributed by atoms with Crippen molar-refractivity contribution in [3.63, 3.8) is 0 Å². The van der Waals surface area contributed by atoms with Crippen LogP contribution in [0.25, 0.3) is 33.1 Å². The third-order valence-corrected chi connectivity index (χ3v) is 5.46. The molecular weight excluding hydrogens is 473 g/mol. The Labute approximate surface area is 210 Å². The molecule has 0 aliphatic rings. The van der Waals surface area contributed by atoms with Gasteiger partial charge in [0.05, 0.1) is 11.9 Å². The van der Waals surface area contributed by atoms with Crippen LogP contribution in [-0.2, 0) is 11.3 Å². The maximum atomic E-state index is 12.9. The van der Waals surface area contributed by atoms with Crippen molar-refractivity contribution in [3.05, 3.63) is 82.5 Å². The molecule has 34 heavy (non-hydrogen) atoms. The average Bonchev–Trinajstić information content (AvgIpc) is 2.82. The normalized spacial score (nSPS) is 10.5. The molecule has 0 aliphatic heterocycles. The van der Waals surface area contributed by atoms with Gasteiger partial charge in [-0.15, -0.1) is 24.8 Å². The van der Waals surface area contributed by atoms with E-state index in [-0.39, 0.29) is 49.2 Å². The Balaban J connectivity index is 0.00000204. The van der Waals surface area contributed by atoms with Gasteiger partial charge in [-0.1, -0.05) is 54.6 Å². The summed E-state index contributed by atoms with van der Waals surface area (Å²) in [4.78, 5) is 25.1. The summed E-state index contributed by atoms with van der Waals surface area (Å²) in [5, 5.41) is 8.61. The van der Waals surface area contributed by atoms with Crippen LogP contribution in [0.3, 0.4) is 0 Å². The Kier molecular flexibility index (Phi) is 10.5. The van der Waals surface area contributed by atoms with Crippen LogP contribution >= 0.6 is 24.8 Å². The fraction of sp³-hybridized carbons (Fsp3) is 0.231. The van der Waals surface area contributed by atoms with Crippen LogP contribution in [0, 0.1) is 0 Å². The lowest BCUT2D eigenvalue weighted by Gasteiger charge is -2.11. The van der Waals surface area contributed by atoms with Gasteiger partial charge in [-0.25, -0.2) is 0 Å². The van der Waals surface area contributed by atoms with Crippen molar-refractivity contribution in [2.24, 2.45) is 5.73 Å². The lowest BCUT2D eigenvalue weighted by atomic mass is 10.0. The van der Waals surface area contributed by atoms with Crippen LogP contribution in [-0.4, -0.2) is 25.5 Å². The number of benzene rings is 3. The minimum Gasteiger partial charge on any atom is -0.455 e. The number of para-hydroxylation sites is 1. The van der Waals surface area contributed by atoms with E-state index in [2.05, 4.69) is 10.6 Å². The first-order valence-corrected chi connectivity index (χ1v) is 10.9. The molecule has 180 valence electrons. The molecule has 4 N–H and O–H groups in total. The molecule has 0 radical (unpaired) electrons. The van der Waals surface area contributed by atoms with Crippen molar-refractivity contribution in [1.29, 1.82) is 0 Å². The third-order valence-electron chi connectivity index (χ3n) is 5.46. The highest BCUT2D eigenvalue weighted by Crippen LogP contribution is 2.30. The zero-order valence-electron chi connectivity index (χ0n) is 18.7. The lowest BCUT2D eigenvalue weighted by Crippen LogP contribution is -2.34. The number of halogens is 2. The molecule has 0 spiro atoms. The highest BCUT2D eigenvalue weighted by atomic mass is 35.5. The zero-order chi connectivity index (χ0) is 22.3. The quantitative estimate of drug-likeness (QED) is 0.295. The summed E-state index contributed by atoms with van der Waals surface area (Å²) in [6.45, 7) is 1.92. The first-order chi connectivity index (χ1) is 15.7. The molecular formula is C26H29Cl2N3O3. The minimum atomic E-state index is -0.109. The maximum Gasteiger partial charge on any atom is 0.234 e. The van der Waals surface area contributed by atoms with E-state index in [1.807, 2.05) is 54.6 Å². The fourth-order valence-corrected chi connectivity index (χ4v) is 3.80. The van der Waals surface area contributed by atoms with Crippen LogP contribution in [0.5, 0.6) is 0 Å². The Hall–Kier alpha value is -2.90. The van der Waals surface area contributed by atoms with Crippen molar-refractivity contribution in [1.82, 2.24) is 10.6 Å². The molecule has 0 aliphatic carbocycles. The van der Waals surface area contributed by atoms with E-state index in [0.29, 0.717) is 23.3 Å². The van der Waals surface area contributed by atoms with Gasteiger partial charge in [0.2, 0.25) is 5.91 Å². The summed E-state index contributed by atoms with van der Waals surface area (Å²) in [7, 11) is 0. The van der Waals surface area contributed by atoms with Gasteiger partial charge in [0, 0.05) is 23.7 Å². The Bertz CT molecular complexity index is 1300. The zero-order valence-corrected chi connectivity index (χ0v) is 20.3. The number of nitrogens with two attached hydrogens (primary N) is 1. The van der Waals surface area contributed by atoms with Crippen LogP contribution in [0.15, 0.2) is 75.9 Å². The maximum absolute atomic E-state index is 12.9. The van der Waals surface area contributed by atoms with Gasteiger partial charge in [-0.05, 0) is 42.8 Å². The van der Waals surface area contributed by atoms with Crippen LogP contribution < -0.4 is 21.8 Å². The minimum absolute atomic E-state index is 0. The second-order valence-electron chi connectivity index (χ2n) is 7.74. The van der Waals surface area contributed by atoms with Crippen LogP contribution in [0.4, 0.5) is 0 Å². The Morgan fingerprint density at radius 1 is 0.912 bits per heavy atom. The summed E-state index contributed by atoms with van der Waals surface area (Å²) < 4.78 is 6.25. The molecule has 0 saturated carbocycles. The van der Waals surface area contributed by atoms with Gasteiger partial charge in [0.1, 0.15) is 11.3 Å². The number of amides is 1. The average molecular weight is 502 g/mol. The van der Waals surface area contributed by atoms with Gasteiger partial charge in [0.25, 0.3) is 0 Å². The molecule has 0 bridgehead atoms. The third kappa shape index (κ3) is 6.36. The first kappa shape index (κ1) is 27.3. The van der Waals surface area contributed by atoms with E-state index in [1.165, 1.54) is 6.07 Å². The summed E-state index contributed by atoms with van der Waals surface area (Å²) in [5.41, 5.74) is 7.49. The van der Waals surface area contributed by atoms with Gasteiger partial charge < -0.3 is 20.8 Å². The fourth-order valence-electron chi connectivity index (χ4n) is 3.80. The number of hydrogen-bond donors (Lipinski definition) is 3. The second-order valence-corrected chi connectivity index (χ2v) is 7.74. The SMILES string of the molecule is Cl.Cl.NCCCCNCC(=O)NCc1cccc2c(=O)cc(-c3cccc4ccccc34)oc12. The van der Waals surface area contributed by atoms with E-state index in [9.17, 15) is 9.59 Å². The van der Waals surface area contributed by atoms with E-state index in [0.717, 1.165) is 41.3 Å². The van der Waals surface area contributed by atoms with E-state index in [4.69, 9.17) is 10.2 Å². The van der Waals surface area contributed by atoms with Crippen LogP contribution in [0.1, 0.15) is 18.4 Å². The number of carbonyl (C=O) groups excluding carboxylic acids is 1. The standard InChI is InChI=1S/C26H27N3O3.2ClH/c27-13-3-4-14-28-17-25(31)29-16-19-9-6-12-22-23(30)15-24(32-26(19)22)21-11-5-8-18-7-1-2-10-20(18)21;;/h1-2,5-12,15,28H,3-4,13-14,16-17,27H2,(H,29,31);2*1H. The number of nitrogens with one attached hydrogen (secondary N) is 2. The molecule has 6 nitrogen and oxygen atoms in total. The van der Waals surface area contributed by atoms with Crippen LogP contribution in [0.2, 0.25) is 0 Å². The summed E-state index contributed by atoms with van der Waals surface area (Å²) in [5.74, 6) is 0.405. The van der Waals surface area contributed by atoms with Crippen molar-refractivity contribution in [2.45, 2.75) is 19.4 Å². The largest absolute Gasteiger partial charge is 0.455 e. The van der Waals surface area contributed by atoms with Crippen molar-refractivity contribution in [3.8, 4) is 11.3 Å². The van der Waals surface area contributed by atoms with Gasteiger partial charge in [0.15, 0.2) is 5.43 Å². The van der Waals surface area contributed by atoms with E-state index >= 15 is 0 Å². The van der Waals surface area contributed by atoms with Crippen molar-refractivity contribution < 1.29 is 9.21 Å². The first-order valence-electron chi connectivity index (χ1n) is 10.9. The van der Waals surface area contributed by atoms with Crippen molar-refractivity contribution in [2.75, 3.05) is 19.6 Å². The molecule has 0 atom stereocenters. The topological polar surface area (TPSA) is 97.4 Å². The lowest BCUT2D eigenvalue weighted by molar-refractivity contribution is -0.120. The molecule has 8 heteroatoms. The second kappa shape index (κ2) is 13.1. The monoisotopic (exact) mass is 501 g/mol. The summed E-state index contributed by atoms with van der Waals surface area (Å²) >= 11 is 0. The van der Waals surface area contributed by atoms with Gasteiger partial charge >= 0.3 is 0 Å². The molecule has 3 aromatic carbocycles. The number of fused-ring (bicyclic) bond motifs is 2. The molecule has 1 aromatic heterocycles. The highest BCUT2D eigenvalue weighted by Gasteiger charge is 2.13. The molecule has 0 fully saturated rings. The van der Waals surface area contributed by atoms with E-state index < -0.39 is 0 Å². The molecule has 4 rings (SSSR count). The predicted octanol–water partition coefficient (Wildman–Crippen LogP) is 4.40. The highest BCUT2D eigenvalue weighted by molar-refractivity contribution is 5.96. The van der Waals surface area contributed by atoms with Gasteiger partial charge in [-0.2, -0.15) is 0 Å². The summed E-state index contributed by atoms with van der Waals surface area (Å²) in [6, 6.07) is 20.9. The molecule has 4 aromatic rings. The Morgan fingerprint density at radius 3 is 2.47 bits per heavy atom. The summed E-state index contributed by atoms with van der Waals surface area (Å²) in [6.07, 6.45) is 1.87. The number of rotatable bonds is 9. The number of hydrogen-bond acceptors (Lipinski definition) is 5. The molecule has 0 unspecified atom stereocenters. The molecule has 1 heterocycles. The molecule has 0 saturated heterocycles.